The number of carbonyl (C=O) groups excluding carboxylic acids is 8. The predicted molar refractivity (Wildman–Crippen MR) is 340 cm³/mol. The van der Waals surface area contributed by atoms with Gasteiger partial charge >= 0.3 is 23.9 Å². The second-order valence-electron chi connectivity index (χ2n) is 22.3. The van der Waals surface area contributed by atoms with Crippen molar-refractivity contribution in [3.63, 3.8) is 0 Å². The minimum atomic E-state index is -1.66. The first-order chi connectivity index (χ1) is 44.0. The van der Waals surface area contributed by atoms with Gasteiger partial charge in [0.15, 0.2) is 0 Å². The molecule has 3 aromatic heterocycles. The van der Waals surface area contributed by atoms with E-state index < -0.39 is 110 Å². The van der Waals surface area contributed by atoms with Crippen LogP contribution in [0.2, 0.25) is 0 Å². The fourth-order valence-electron chi connectivity index (χ4n) is 10.1. The molecule has 2 aromatic carbocycles. The molecule has 0 spiro atoms. The smallest absolute Gasteiger partial charge is 0.317 e. The average Bonchev–Trinajstić information content (AvgIpc) is 1.82. The van der Waals surface area contributed by atoms with E-state index in [-0.39, 0.29) is 118 Å². The Labute approximate surface area is 556 Å². The molecule has 497 valence electrons. The molecule has 28 nitrogen and oxygen atoms in total. The number of benzene rings is 2. The molecule has 93 heavy (non-hydrogen) atoms. The Morgan fingerprint density at radius 1 is 0.548 bits per heavy atom. The molecule has 0 aliphatic rings. The van der Waals surface area contributed by atoms with E-state index in [9.17, 15) is 78.0 Å². The minimum absolute atomic E-state index is 0. The Kier molecular flexibility index (Phi) is 32.9. The summed E-state index contributed by atoms with van der Waals surface area (Å²) in [5.74, 6) is -9.95. The van der Waals surface area contributed by atoms with Crippen LogP contribution >= 0.6 is 0 Å². The number of para-hydroxylation sites is 1. The molecule has 4 atom stereocenters. The van der Waals surface area contributed by atoms with Crippen LogP contribution in [0.25, 0.3) is 22.3 Å². The second kappa shape index (κ2) is 40.0. The monoisotopic (exact) mass is 1390 g/mol. The van der Waals surface area contributed by atoms with Crippen LogP contribution in [0.4, 0.5) is 0 Å². The molecule has 0 unspecified atom stereocenters. The number of nitrogens with one attached hydrogen (secondary N) is 7. The van der Waals surface area contributed by atoms with Crippen molar-refractivity contribution < 1.29 is 78.0 Å². The van der Waals surface area contributed by atoms with Gasteiger partial charge in [-0.25, -0.2) is 9.97 Å². The van der Waals surface area contributed by atoms with E-state index in [1.54, 1.807) is 54.7 Å². The summed E-state index contributed by atoms with van der Waals surface area (Å²) in [6.45, 7) is 1.65. The summed E-state index contributed by atoms with van der Waals surface area (Å²) in [5.41, 5.74) is 8.90. The summed E-state index contributed by atoms with van der Waals surface area (Å²) < 4.78 is 0. The number of hydrogen-bond acceptors (Lipinski definition) is 16. The zero-order valence-corrected chi connectivity index (χ0v) is 55.5. The van der Waals surface area contributed by atoms with Crippen LogP contribution in [0.3, 0.4) is 0 Å². The normalized spacial score (nSPS) is 12.3. The summed E-state index contributed by atoms with van der Waals surface area (Å²) >= 11 is 0. The number of amides is 7. The van der Waals surface area contributed by atoms with Crippen LogP contribution in [0, 0.1) is 0 Å². The standard InChI is InChI=1S/C64H82N12O16.In/c1-3-4-21-49(62(90)74-53(32-56(80)81)64(92)73-51(60(65)88)28-41-17-8-5-9-18-41)72-63(91)52(31-43-33-68-47-22-13-12-20-46(43)47)71-55(79)25-11-7-14-26-66-54(78)24-10-6-15-27-67-61(89)42-29-45(36-76(38-58(84)85)39-59(86)87)70-50(30-42)48-23-16-19-44(69-48)35-75(34-40(2)77)37-57(82)83;/h5,8-9,12-13,16-20,22-23,29-30,33,49,51-53,68H,3-4,6-7,10-11,14-15,21,24-28,31-32,34-39H2,1-2H3,(H2,65,88)(H,66,78)(H,67,89)(H,71,79)(H,72,91)(H,73,92)(H,74,90)(H,80,81)(H,82,83)(H,84,85)(H,86,87);/t49-,51-,52-,53-;/m0./s1/i;1-4. The van der Waals surface area contributed by atoms with Crippen molar-refractivity contribution in [3.05, 3.63) is 119 Å². The van der Waals surface area contributed by atoms with Crippen molar-refractivity contribution in [1.82, 2.24) is 56.7 Å². The van der Waals surface area contributed by atoms with Crippen molar-refractivity contribution in [2.75, 3.05) is 39.3 Å². The van der Waals surface area contributed by atoms with Gasteiger partial charge < -0.3 is 63.0 Å². The molecule has 0 saturated heterocycles. The summed E-state index contributed by atoms with van der Waals surface area (Å²) in [4.78, 5) is 167. The molecule has 3 heterocycles. The Morgan fingerprint density at radius 2 is 1.12 bits per heavy atom. The zero-order valence-electron chi connectivity index (χ0n) is 52.2. The maximum atomic E-state index is 14.3. The van der Waals surface area contributed by atoms with Gasteiger partial charge in [0.25, 0.3) is 5.91 Å². The fraction of sp³-hybridized carbons (Fsp3) is 0.438. The molecule has 0 bridgehead atoms. The van der Waals surface area contributed by atoms with Gasteiger partial charge in [0.05, 0.1) is 55.4 Å². The Balaban J connectivity index is 0.0000184. The molecule has 5 rings (SSSR count). The third-order valence-electron chi connectivity index (χ3n) is 14.5. The van der Waals surface area contributed by atoms with E-state index in [0.29, 0.717) is 74.7 Å². The van der Waals surface area contributed by atoms with Gasteiger partial charge in [-0.05, 0) is 80.5 Å². The van der Waals surface area contributed by atoms with Crippen LogP contribution in [-0.2, 0) is 78.7 Å². The number of H-pyrrole nitrogens is 1. The van der Waals surface area contributed by atoms with Crippen LogP contribution in [0.1, 0.15) is 124 Å². The van der Waals surface area contributed by atoms with Crippen molar-refractivity contribution in [3.8, 4) is 11.4 Å². The summed E-state index contributed by atoms with van der Waals surface area (Å²) in [5, 5.41) is 55.0. The first-order valence-electron chi connectivity index (χ1n) is 30.4. The zero-order chi connectivity index (χ0) is 67.1. The number of Topliss-reactive ketones (excluding diaryl/α,β-unsaturated/α-hetero) is 1. The van der Waals surface area contributed by atoms with Gasteiger partial charge in [-0.1, -0.05) is 87.2 Å². The van der Waals surface area contributed by atoms with Gasteiger partial charge in [-0.15, -0.1) is 0 Å². The third kappa shape index (κ3) is 28.1. The number of primary amides is 1. The number of ketones is 1. The fourth-order valence-corrected chi connectivity index (χ4v) is 10.1. The molecule has 0 fully saturated rings. The van der Waals surface area contributed by atoms with Gasteiger partial charge in [0.1, 0.15) is 30.0 Å². The number of pyridine rings is 2. The largest absolute Gasteiger partial charge is 0.481 e. The van der Waals surface area contributed by atoms with Crippen LogP contribution < -0.4 is 37.6 Å². The number of carbonyl (C=O) groups is 12. The van der Waals surface area contributed by atoms with Crippen molar-refractivity contribution >= 4 is 108 Å². The maximum absolute atomic E-state index is 14.3. The minimum Gasteiger partial charge on any atom is -0.481 e. The van der Waals surface area contributed by atoms with Crippen molar-refractivity contribution in [2.24, 2.45) is 5.73 Å². The van der Waals surface area contributed by atoms with Crippen LogP contribution in [-0.4, -0.2) is 205 Å². The van der Waals surface area contributed by atoms with E-state index in [0.717, 1.165) is 15.8 Å². The number of carboxylic acids is 4. The SMILES string of the molecule is CCCC[C@H](NC(=O)[C@H](Cc1c[nH]c2ccccc12)NC(=O)CCCCCNC(=O)CCCCCNC(=O)c1cc(CN(CC(=O)O)CC(=O)O)nc(-c2cccc(CN(CC(C)=O)CC(=O)O)n2)c1)C(=O)N[C@@H](CC(=O)O)C(=O)N[C@@H](Cc1ccccc1)C(N)=O.[111In]. The first-order valence-corrected chi connectivity index (χ1v) is 30.4. The number of nitrogens with two attached hydrogens (primary N) is 1. The quantitative estimate of drug-likeness (QED) is 0.0249. The van der Waals surface area contributed by atoms with E-state index >= 15 is 0 Å². The van der Waals surface area contributed by atoms with E-state index in [1.165, 1.54) is 24.0 Å². The number of carboxylic acid groups (broad SMARTS) is 4. The molecule has 0 aliphatic carbocycles. The second-order valence-corrected chi connectivity index (χ2v) is 22.3. The molecule has 0 saturated carbocycles. The van der Waals surface area contributed by atoms with E-state index in [1.807, 2.05) is 31.2 Å². The Morgan fingerprint density at radius 3 is 1.75 bits per heavy atom. The molecule has 7 amide bonds. The van der Waals surface area contributed by atoms with Crippen molar-refractivity contribution in [1.29, 1.82) is 0 Å². The first kappa shape index (κ1) is 76.4. The molecule has 13 N–H and O–H groups in total. The topological polar surface area (TPSA) is 432 Å². The molecule has 29 heteroatoms. The van der Waals surface area contributed by atoms with Gasteiger partial charge in [-0.3, -0.25) is 67.3 Å². The van der Waals surface area contributed by atoms with E-state index in [2.05, 4.69) is 46.9 Å². The number of nitrogens with zero attached hydrogens (tertiary/aromatic N) is 4. The molecule has 0 aliphatic heterocycles. The Hall–Kier alpha value is -9.09. The molecular formula is C64H82InN12O16. The number of unbranched alkanes of at least 4 members (excludes halogenated alkanes) is 5. The summed E-state index contributed by atoms with van der Waals surface area (Å²) in [6.07, 6.45) is 5.35. The molecular weight excluding hydrogens is 1300 g/mol. The number of fused-ring (bicyclic) bond motifs is 1. The number of rotatable bonds is 43. The van der Waals surface area contributed by atoms with Gasteiger partial charge in [0, 0.05) is 100 Å². The molecule has 3 radical (unpaired) electrons. The summed E-state index contributed by atoms with van der Waals surface area (Å²) in [7, 11) is 0. The van der Waals surface area contributed by atoms with Gasteiger partial charge in [-0.2, -0.15) is 0 Å². The number of aromatic nitrogens is 3. The number of aromatic amines is 1. The van der Waals surface area contributed by atoms with Crippen molar-refractivity contribution in [2.45, 2.75) is 141 Å². The van der Waals surface area contributed by atoms with E-state index in [4.69, 9.17) is 5.73 Å². The number of hydrogen-bond donors (Lipinski definition) is 12. The average molecular weight is 1390 g/mol. The number of aliphatic carboxylic acids is 4. The van der Waals surface area contributed by atoms with Crippen LogP contribution in [0.15, 0.2) is 91.1 Å². The van der Waals surface area contributed by atoms with Gasteiger partial charge in [0.2, 0.25) is 35.4 Å². The summed E-state index contributed by atoms with van der Waals surface area (Å²) in [6, 6.07) is 18.5. The molecule has 5 aromatic rings. The maximum Gasteiger partial charge on any atom is 0.317 e. The predicted octanol–water partition coefficient (Wildman–Crippen LogP) is 2.23. The third-order valence-corrected chi connectivity index (χ3v) is 14.5. The van der Waals surface area contributed by atoms with Crippen LogP contribution in [0.5, 0.6) is 0 Å². The Bertz CT molecular complexity index is 3350.